The summed E-state index contributed by atoms with van der Waals surface area (Å²) in [4.78, 5) is 7.08. The fraction of sp³-hybridized carbons (Fsp3) is 0.500. The summed E-state index contributed by atoms with van der Waals surface area (Å²) in [5, 5.41) is 12.1. The Morgan fingerprint density at radius 3 is 2.86 bits per heavy atom. The van der Waals surface area contributed by atoms with Crippen LogP contribution in [0.3, 0.4) is 0 Å². The molecular formula is C18H24N8O2S. The smallest absolute Gasteiger partial charge is 0.169 e. The van der Waals surface area contributed by atoms with Gasteiger partial charge in [0.15, 0.2) is 17.3 Å². The standard InChI is InChI=1S/C18H24N8O2S/c1-11-10-28-8-7-25(11)14-9-12(18(4-5-18)29(2,20)27)15-16(19)24-26(17(15)22-14)13-3-6-21-23-13/h3,6,9,11,20H,4-5,7-8,10H2,1-2H3,(H2,19,24)(H,21,23). The average Bonchev–Trinajstić information content (AvgIpc) is 3.21. The van der Waals surface area contributed by atoms with Crippen molar-refractivity contribution in [3.05, 3.63) is 23.9 Å². The molecule has 4 N–H and O–H groups in total. The molecule has 29 heavy (non-hydrogen) atoms. The number of nitrogens with two attached hydrogens (primary N) is 1. The zero-order valence-corrected chi connectivity index (χ0v) is 17.2. The van der Waals surface area contributed by atoms with Gasteiger partial charge in [-0.2, -0.15) is 9.78 Å². The molecule has 3 aromatic heterocycles. The summed E-state index contributed by atoms with van der Waals surface area (Å²) < 4.78 is 27.8. The number of aromatic amines is 1. The van der Waals surface area contributed by atoms with Crippen molar-refractivity contribution >= 4 is 32.4 Å². The Labute approximate surface area is 168 Å². The highest BCUT2D eigenvalue weighted by Gasteiger charge is 2.53. The SMILES string of the molecule is CC1COCCN1c1cc(C2(S(C)(=N)=O)CC2)c2c(N)nn(-c3ccn[nH]3)c2n1. The molecule has 1 saturated heterocycles. The predicted molar refractivity (Wildman–Crippen MR) is 111 cm³/mol. The summed E-state index contributed by atoms with van der Waals surface area (Å²) in [6, 6.07) is 3.90. The first kappa shape index (κ1) is 18.4. The molecule has 10 nitrogen and oxygen atoms in total. The monoisotopic (exact) mass is 416 g/mol. The fourth-order valence-corrected chi connectivity index (χ4v) is 5.68. The molecule has 2 unspecified atom stereocenters. The first-order valence-electron chi connectivity index (χ1n) is 9.59. The van der Waals surface area contributed by atoms with Crippen molar-refractivity contribution in [1.82, 2.24) is 25.0 Å². The molecule has 1 aliphatic heterocycles. The number of nitrogen functional groups attached to an aromatic ring is 1. The zero-order chi connectivity index (χ0) is 20.4. The van der Waals surface area contributed by atoms with Crippen LogP contribution >= 0.6 is 0 Å². The van der Waals surface area contributed by atoms with E-state index in [1.165, 1.54) is 6.26 Å². The normalized spacial score (nSPS) is 23.2. The van der Waals surface area contributed by atoms with Crippen LogP contribution in [0.1, 0.15) is 25.3 Å². The summed E-state index contributed by atoms with van der Waals surface area (Å²) in [5.41, 5.74) is 7.70. The van der Waals surface area contributed by atoms with Gasteiger partial charge < -0.3 is 15.4 Å². The van der Waals surface area contributed by atoms with Crippen LogP contribution in [0.15, 0.2) is 18.3 Å². The molecular weight excluding hydrogens is 392 g/mol. The number of fused-ring (bicyclic) bond motifs is 1. The number of H-pyrrole nitrogens is 1. The molecule has 0 aromatic carbocycles. The molecule has 5 rings (SSSR count). The van der Waals surface area contributed by atoms with Gasteiger partial charge in [-0.1, -0.05) is 0 Å². The molecule has 2 aliphatic rings. The maximum Gasteiger partial charge on any atom is 0.169 e. The van der Waals surface area contributed by atoms with Crippen molar-refractivity contribution in [2.24, 2.45) is 0 Å². The maximum absolute atomic E-state index is 12.9. The van der Waals surface area contributed by atoms with Gasteiger partial charge in [0, 0.05) is 18.9 Å². The van der Waals surface area contributed by atoms with E-state index < -0.39 is 14.5 Å². The number of nitrogens with zero attached hydrogens (tertiary/aromatic N) is 5. The predicted octanol–water partition coefficient (Wildman–Crippen LogP) is 1.62. The highest BCUT2D eigenvalue weighted by Crippen LogP contribution is 2.55. The van der Waals surface area contributed by atoms with Crippen molar-refractivity contribution in [3.63, 3.8) is 0 Å². The molecule has 154 valence electrons. The quantitative estimate of drug-likeness (QED) is 0.587. The van der Waals surface area contributed by atoms with Crippen LogP contribution in [0.4, 0.5) is 11.6 Å². The van der Waals surface area contributed by atoms with Crippen LogP contribution in [0.5, 0.6) is 0 Å². The third-order valence-electron chi connectivity index (χ3n) is 5.97. The van der Waals surface area contributed by atoms with Crippen molar-refractivity contribution in [3.8, 4) is 5.82 Å². The van der Waals surface area contributed by atoms with Crippen molar-refractivity contribution in [2.45, 2.75) is 30.6 Å². The first-order valence-corrected chi connectivity index (χ1v) is 11.6. The minimum absolute atomic E-state index is 0.152. The lowest BCUT2D eigenvalue weighted by Crippen LogP contribution is -2.44. The lowest BCUT2D eigenvalue weighted by atomic mass is 10.1. The summed E-state index contributed by atoms with van der Waals surface area (Å²) in [6.07, 6.45) is 4.53. The van der Waals surface area contributed by atoms with Gasteiger partial charge in [-0.05, 0) is 31.4 Å². The Hall–Kier alpha value is -2.66. The molecule has 0 spiro atoms. The van der Waals surface area contributed by atoms with Crippen LogP contribution < -0.4 is 10.6 Å². The van der Waals surface area contributed by atoms with E-state index in [0.717, 1.165) is 11.4 Å². The molecule has 11 heteroatoms. The highest BCUT2D eigenvalue weighted by atomic mass is 32.2. The number of ether oxygens (including phenoxy) is 1. The number of hydrogen-bond donors (Lipinski definition) is 3. The van der Waals surface area contributed by atoms with E-state index in [1.807, 2.05) is 6.07 Å². The van der Waals surface area contributed by atoms with E-state index >= 15 is 0 Å². The van der Waals surface area contributed by atoms with E-state index in [9.17, 15) is 4.21 Å². The van der Waals surface area contributed by atoms with Gasteiger partial charge in [0.05, 0.1) is 45.3 Å². The second-order valence-corrected chi connectivity index (χ2v) is 10.4. The van der Waals surface area contributed by atoms with Crippen LogP contribution in [0.2, 0.25) is 0 Å². The molecule has 4 heterocycles. The molecule has 0 radical (unpaired) electrons. The van der Waals surface area contributed by atoms with Gasteiger partial charge in [-0.3, -0.25) is 9.88 Å². The van der Waals surface area contributed by atoms with Gasteiger partial charge >= 0.3 is 0 Å². The van der Waals surface area contributed by atoms with Crippen LogP contribution in [-0.2, 0) is 19.2 Å². The third-order valence-corrected chi connectivity index (χ3v) is 8.09. The number of aromatic nitrogens is 5. The van der Waals surface area contributed by atoms with E-state index in [2.05, 4.69) is 27.1 Å². The second-order valence-electron chi connectivity index (χ2n) is 7.92. The second kappa shape index (κ2) is 6.17. The largest absolute Gasteiger partial charge is 0.382 e. The number of morpholine rings is 1. The summed E-state index contributed by atoms with van der Waals surface area (Å²) in [6.45, 7) is 4.04. The van der Waals surface area contributed by atoms with Crippen molar-refractivity contribution in [2.75, 3.05) is 36.6 Å². The van der Waals surface area contributed by atoms with Crippen LogP contribution in [-0.4, -0.2) is 61.2 Å². The highest BCUT2D eigenvalue weighted by molar-refractivity contribution is 7.93. The topological polar surface area (TPSA) is 139 Å². The molecule has 0 bridgehead atoms. The molecule has 1 aliphatic carbocycles. The van der Waals surface area contributed by atoms with E-state index in [0.29, 0.717) is 55.3 Å². The lowest BCUT2D eigenvalue weighted by molar-refractivity contribution is 0.0985. The number of nitrogens with one attached hydrogen (secondary N) is 2. The minimum Gasteiger partial charge on any atom is -0.382 e. The number of anilines is 2. The molecule has 0 amide bonds. The number of pyridine rings is 1. The molecule has 3 aromatic rings. The fourth-order valence-electron chi connectivity index (χ4n) is 4.22. The Morgan fingerprint density at radius 2 is 2.24 bits per heavy atom. The van der Waals surface area contributed by atoms with Gasteiger partial charge in [0.1, 0.15) is 5.82 Å². The average molecular weight is 417 g/mol. The number of rotatable bonds is 4. The van der Waals surface area contributed by atoms with Crippen LogP contribution in [0, 0.1) is 4.78 Å². The summed E-state index contributed by atoms with van der Waals surface area (Å²) in [5.74, 6) is 1.72. The minimum atomic E-state index is -2.84. The van der Waals surface area contributed by atoms with Crippen molar-refractivity contribution < 1.29 is 8.95 Å². The zero-order valence-electron chi connectivity index (χ0n) is 16.4. The lowest BCUT2D eigenvalue weighted by Gasteiger charge is -2.35. The van der Waals surface area contributed by atoms with E-state index in [1.54, 1.807) is 16.9 Å². The number of hydrogen-bond acceptors (Lipinski definition) is 8. The van der Waals surface area contributed by atoms with Gasteiger partial charge in [-0.25, -0.2) is 9.19 Å². The Bertz CT molecular complexity index is 1180. The van der Waals surface area contributed by atoms with E-state index in [-0.39, 0.29) is 6.04 Å². The maximum atomic E-state index is 12.9. The van der Waals surface area contributed by atoms with Crippen LogP contribution in [0.25, 0.3) is 16.9 Å². The van der Waals surface area contributed by atoms with Gasteiger partial charge in [0.25, 0.3) is 0 Å². The van der Waals surface area contributed by atoms with Gasteiger partial charge in [0.2, 0.25) is 0 Å². The Morgan fingerprint density at radius 1 is 1.45 bits per heavy atom. The van der Waals surface area contributed by atoms with Gasteiger partial charge in [-0.15, -0.1) is 5.10 Å². The molecule has 1 saturated carbocycles. The Kier molecular flexibility index (Phi) is 3.91. The van der Waals surface area contributed by atoms with Crippen molar-refractivity contribution in [1.29, 1.82) is 4.78 Å². The molecule has 2 fully saturated rings. The molecule has 2 atom stereocenters. The Balaban J connectivity index is 1.81. The van der Waals surface area contributed by atoms with E-state index in [4.69, 9.17) is 20.2 Å². The summed E-state index contributed by atoms with van der Waals surface area (Å²) in [7, 11) is -2.84. The third kappa shape index (κ3) is 2.71. The summed E-state index contributed by atoms with van der Waals surface area (Å²) >= 11 is 0. The first-order chi connectivity index (χ1) is 13.8.